The van der Waals surface area contributed by atoms with E-state index in [0.29, 0.717) is 24.0 Å². The molecule has 0 aliphatic carbocycles. The first kappa shape index (κ1) is 11.3. The number of rotatable bonds is 5. The van der Waals surface area contributed by atoms with Gasteiger partial charge in [0, 0.05) is 0 Å². The summed E-state index contributed by atoms with van der Waals surface area (Å²) >= 11 is 0. The Morgan fingerprint density at radius 3 is 3.06 bits per heavy atom. The van der Waals surface area contributed by atoms with Crippen LogP contribution in [0.15, 0.2) is 27.3 Å². The number of nitrogens with two attached hydrogens (primary N) is 1. The maximum atomic E-state index is 11.5. The standard InChI is InChI=1S/C10H12N4O3/c11-5-10-13-8(14-17-10)4-9(15)12-6-7-2-1-3-16-7/h1-3H,4-6,11H2,(H,12,15). The zero-order chi connectivity index (χ0) is 12.1. The van der Waals surface area contributed by atoms with E-state index < -0.39 is 0 Å². The predicted molar refractivity (Wildman–Crippen MR) is 56.4 cm³/mol. The summed E-state index contributed by atoms with van der Waals surface area (Å²) in [5.74, 6) is 1.13. The van der Waals surface area contributed by atoms with E-state index in [1.807, 2.05) is 0 Å². The van der Waals surface area contributed by atoms with Crippen LogP contribution in [0.4, 0.5) is 0 Å². The lowest BCUT2D eigenvalue weighted by molar-refractivity contribution is -0.120. The van der Waals surface area contributed by atoms with Gasteiger partial charge in [-0.3, -0.25) is 4.79 Å². The van der Waals surface area contributed by atoms with Crippen molar-refractivity contribution >= 4 is 5.91 Å². The lowest BCUT2D eigenvalue weighted by atomic mass is 10.3. The summed E-state index contributed by atoms with van der Waals surface area (Å²) in [5, 5.41) is 6.30. The molecule has 0 unspecified atom stereocenters. The first-order valence-electron chi connectivity index (χ1n) is 5.08. The molecule has 2 aromatic rings. The zero-order valence-electron chi connectivity index (χ0n) is 9.05. The van der Waals surface area contributed by atoms with Crippen LogP contribution in [-0.4, -0.2) is 16.0 Å². The van der Waals surface area contributed by atoms with Crippen LogP contribution in [0.5, 0.6) is 0 Å². The van der Waals surface area contributed by atoms with Gasteiger partial charge in [-0.2, -0.15) is 4.98 Å². The summed E-state index contributed by atoms with van der Waals surface area (Å²) in [5.41, 5.74) is 5.31. The first-order chi connectivity index (χ1) is 8.28. The number of hydrogen-bond acceptors (Lipinski definition) is 6. The fourth-order valence-electron chi connectivity index (χ4n) is 1.25. The smallest absolute Gasteiger partial charge is 0.240 e. The first-order valence-corrected chi connectivity index (χ1v) is 5.08. The minimum absolute atomic E-state index is 0.0597. The normalized spacial score (nSPS) is 10.4. The molecule has 0 aliphatic rings. The highest BCUT2D eigenvalue weighted by atomic mass is 16.5. The predicted octanol–water partition coefficient (Wildman–Crippen LogP) is -0.0198. The van der Waals surface area contributed by atoms with Crippen molar-refractivity contribution in [3.63, 3.8) is 0 Å². The molecule has 0 saturated carbocycles. The Morgan fingerprint density at radius 1 is 1.53 bits per heavy atom. The van der Waals surface area contributed by atoms with Gasteiger partial charge in [-0.25, -0.2) is 0 Å². The number of hydrogen-bond donors (Lipinski definition) is 2. The highest BCUT2D eigenvalue weighted by molar-refractivity contribution is 5.77. The monoisotopic (exact) mass is 236 g/mol. The molecule has 90 valence electrons. The molecular formula is C10H12N4O3. The van der Waals surface area contributed by atoms with Gasteiger partial charge < -0.3 is 20.0 Å². The van der Waals surface area contributed by atoms with Gasteiger partial charge in [0.1, 0.15) is 5.76 Å². The highest BCUT2D eigenvalue weighted by Crippen LogP contribution is 2.00. The van der Waals surface area contributed by atoms with Gasteiger partial charge in [-0.1, -0.05) is 5.16 Å². The number of nitrogens with one attached hydrogen (secondary N) is 1. The Hall–Kier alpha value is -2.15. The minimum Gasteiger partial charge on any atom is -0.467 e. The van der Waals surface area contributed by atoms with E-state index >= 15 is 0 Å². The molecule has 1 amide bonds. The summed E-state index contributed by atoms with van der Waals surface area (Å²) in [7, 11) is 0. The third-order valence-electron chi connectivity index (χ3n) is 2.04. The maximum absolute atomic E-state index is 11.5. The molecule has 0 atom stereocenters. The van der Waals surface area contributed by atoms with Crippen molar-refractivity contribution in [3.8, 4) is 0 Å². The van der Waals surface area contributed by atoms with Crippen LogP contribution < -0.4 is 11.1 Å². The van der Waals surface area contributed by atoms with E-state index in [0.717, 1.165) is 0 Å². The van der Waals surface area contributed by atoms with E-state index in [1.165, 1.54) is 0 Å². The lowest BCUT2D eigenvalue weighted by Gasteiger charge is -1.99. The zero-order valence-corrected chi connectivity index (χ0v) is 9.05. The maximum Gasteiger partial charge on any atom is 0.240 e. The van der Waals surface area contributed by atoms with Crippen molar-refractivity contribution in [1.82, 2.24) is 15.5 Å². The molecule has 0 aliphatic heterocycles. The molecule has 7 heteroatoms. The second-order valence-electron chi connectivity index (χ2n) is 3.34. The largest absolute Gasteiger partial charge is 0.467 e. The third kappa shape index (κ3) is 3.15. The SMILES string of the molecule is NCc1nc(CC(=O)NCc2ccco2)no1. The Labute approximate surface area is 97.0 Å². The van der Waals surface area contributed by atoms with Gasteiger partial charge in [0.15, 0.2) is 5.82 Å². The van der Waals surface area contributed by atoms with Crippen molar-refractivity contribution in [2.45, 2.75) is 19.5 Å². The van der Waals surface area contributed by atoms with Crippen molar-refractivity contribution in [1.29, 1.82) is 0 Å². The summed E-state index contributed by atoms with van der Waals surface area (Å²) in [4.78, 5) is 15.4. The van der Waals surface area contributed by atoms with E-state index in [9.17, 15) is 4.79 Å². The number of carbonyl (C=O) groups is 1. The van der Waals surface area contributed by atoms with Gasteiger partial charge in [0.05, 0.1) is 25.8 Å². The van der Waals surface area contributed by atoms with E-state index in [4.69, 9.17) is 14.7 Å². The van der Waals surface area contributed by atoms with Gasteiger partial charge in [0.2, 0.25) is 11.8 Å². The summed E-state index contributed by atoms with van der Waals surface area (Å²) < 4.78 is 9.86. The Morgan fingerprint density at radius 2 is 2.41 bits per heavy atom. The highest BCUT2D eigenvalue weighted by Gasteiger charge is 2.10. The molecule has 2 rings (SSSR count). The van der Waals surface area contributed by atoms with Crippen LogP contribution in [0.2, 0.25) is 0 Å². The van der Waals surface area contributed by atoms with Gasteiger partial charge in [-0.15, -0.1) is 0 Å². The number of amides is 1. The minimum atomic E-state index is -0.203. The van der Waals surface area contributed by atoms with Crippen LogP contribution in [0, 0.1) is 0 Å². The molecule has 0 bridgehead atoms. The third-order valence-corrected chi connectivity index (χ3v) is 2.04. The van der Waals surface area contributed by atoms with Crippen LogP contribution in [0.25, 0.3) is 0 Å². The molecule has 0 aromatic carbocycles. The summed E-state index contributed by atoms with van der Waals surface area (Å²) in [6.07, 6.45) is 1.61. The van der Waals surface area contributed by atoms with E-state index in [2.05, 4.69) is 15.5 Å². The fraction of sp³-hybridized carbons (Fsp3) is 0.300. The van der Waals surface area contributed by atoms with E-state index in [-0.39, 0.29) is 18.9 Å². The molecule has 0 fully saturated rings. The average molecular weight is 236 g/mol. The van der Waals surface area contributed by atoms with Gasteiger partial charge in [-0.05, 0) is 12.1 Å². The van der Waals surface area contributed by atoms with Crippen LogP contribution in [0.3, 0.4) is 0 Å². The van der Waals surface area contributed by atoms with E-state index in [1.54, 1.807) is 18.4 Å². The average Bonchev–Trinajstić information content (AvgIpc) is 2.97. The topological polar surface area (TPSA) is 107 Å². The quantitative estimate of drug-likeness (QED) is 0.755. The second-order valence-corrected chi connectivity index (χ2v) is 3.34. The molecule has 17 heavy (non-hydrogen) atoms. The van der Waals surface area contributed by atoms with Crippen molar-refractivity contribution in [3.05, 3.63) is 35.9 Å². The molecule has 2 aromatic heterocycles. The van der Waals surface area contributed by atoms with Gasteiger partial charge >= 0.3 is 0 Å². The molecule has 2 heterocycles. The number of nitrogens with zero attached hydrogens (tertiary/aromatic N) is 2. The summed E-state index contributed by atoms with van der Waals surface area (Å²) in [6.45, 7) is 0.508. The molecule has 0 saturated heterocycles. The summed E-state index contributed by atoms with van der Waals surface area (Å²) in [6, 6.07) is 3.54. The molecule has 7 nitrogen and oxygen atoms in total. The second kappa shape index (κ2) is 5.26. The molecular weight excluding hydrogens is 224 g/mol. The fourth-order valence-corrected chi connectivity index (χ4v) is 1.25. The molecule has 3 N–H and O–H groups in total. The van der Waals surface area contributed by atoms with Crippen LogP contribution in [0.1, 0.15) is 17.5 Å². The Balaban J connectivity index is 1.81. The molecule has 0 spiro atoms. The van der Waals surface area contributed by atoms with Crippen molar-refractivity contribution in [2.24, 2.45) is 5.73 Å². The van der Waals surface area contributed by atoms with Crippen LogP contribution >= 0.6 is 0 Å². The number of furan rings is 1. The number of carbonyl (C=O) groups excluding carboxylic acids is 1. The van der Waals surface area contributed by atoms with Gasteiger partial charge in [0.25, 0.3) is 0 Å². The van der Waals surface area contributed by atoms with Crippen molar-refractivity contribution in [2.75, 3.05) is 0 Å². The number of aromatic nitrogens is 2. The van der Waals surface area contributed by atoms with Crippen molar-refractivity contribution < 1.29 is 13.7 Å². The Kier molecular flexibility index (Phi) is 3.51. The molecule has 0 radical (unpaired) electrons. The Bertz CT molecular complexity index is 477. The van der Waals surface area contributed by atoms with Crippen LogP contribution in [-0.2, 0) is 24.3 Å². The lowest BCUT2D eigenvalue weighted by Crippen LogP contribution is -2.24.